The van der Waals surface area contributed by atoms with Crippen LogP contribution in [-0.2, 0) is 11.8 Å². The number of halogens is 1. The molecule has 0 radical (unpaired) electrons. The van der Waals surface area contributed by atoms with Gasteiger partial charge in [0.25, 0.3) is 5.91 Å². The summed E-state index contributed by atoms with van der Waals surface area (Å²) in [6.45, 7) is 1.27. The predicted octanol–water partition coefficient (Wildman–Crippen LogP) is 0.938. The molecule has 1 amide bonds. The van der Waals surface area contributed by atoms with Crippen LogP contribution in [0.15, 0.2) is 12.3 Å². The topological polar surface area (TPSA) is 56.2 Å². The molecule has 6 heteroatoms. The van der Waals surface area contributed by atoms with Crippen molar-refractivity contribution in [3.05, 3.63) is 18.0 Å². The van der Waals surface area contributed by atoms with E-state index in [-0.39, 0.29) is 11.4 Å². The number of ether oxygens (including phenoxy) is 1. The molecule has 0 aromatic carbocycles. The van der Waals surface area contributed by atoms with Crippen LogP contribution in [0.3, 0.4) is 0 Å². The second-order valence-corrected chi connectivity index (χ2v) is 4.62. The van der Waals surface area contributed by atoms with E-state index in [9.17, 15) is 4.79 Å². The van der Waals surface area contributed by atoms with E-state index >= 15 is 0 Å². The Morgan fingerprint density at radius 3 is 2.88 bits per heavy atom. The number of hydrogen-bond acceptors (Lipinski definition) is 3. The molecule has 0 atom stereocenters. The van der Waals surface area contributed by atoms with E-state index in [0.717, 1.165) is 12.8 Å². The van der Waals surface area contributed by atoms with Crippen molar-refractivity contribution < 1.29 is 9.53 Å². The molecule has 1 aliphatic heterocycles. The summed E-state index contributed by atoms with van der Waals surface area (Å²) in [5, 5.41) is 7.06. The Morgan fingerprint density at radius 1 is 1.65 bits per heavy atom. The molecule has 2 heterocycles. The quantitative estimate of drug-likeness (QED) is 0.820. The Balaban J connectivity index is 2.05. The van der Waals surface area contributed by atoms with Crippen molar-refractivity contribution in [3.63, 3.8) is 0 Å². The van der Waals surface area contributed by atoms with E-state index in [1.807, 2.05) is 0 Å². The van der Waals surface area contributed by atoms with Crippen molar-refractivity contribution in [1.82, 2.24) is 15.1 Å². The van der Waals surface area contributed by atoms with Gasteiger partial charge in [0, 0.05) is 32.3 Å². The Morgan fingerprint density at radius 2 is 2.35 bits per heavy atom. The van der Waals surface area contributed by atoms with Crippen LogP contribution in [0.5, 0.6) is 0 Å². The summed E-state index contributed by atoms with van der Waals surface area (Å²) in [4.78, 5) is 12.0. The first-order valence-electron chi connectivity index (χ1n) is 5.61. The van der Waals surface area contributed by atoms with Gasteiger partial charge in [0.1, 0.15) is 5.69 Å². The summed E-state index contributed by atoms with van der Waals surface area (Å²) in [6, 6.07) is 1.69. The van der Waals surface area contributed by atoms with Crippen LogP contribution in [-0.4, -0.2) is 40.3 Å². The third-order valence-electron chi connectivity index (χ3n) is 3.03. The molecule has 0 spiro atoms. The highest BCUT2D eigenvalue weighted by Gasteiger charge is 2.33. The number of aromatic nitrogens is 2. The lowest BCUT2D eigenvalue weighted by Crippen LogP contribution is -2.53. The molecular formula is C11H16ClN3O2. The highest BCUT2D eigenvalue weighted by molar-refractivity contribution is 6.18. The van der Waals surface area contributed by atoms with Crippen LogP contribution in [0.1, 0.15) is 23.3 Å². The monoisotopic (exact) mass is 257 g/mol. The fourth-order valence-electron chi connectivity index (χ4n) is 1.90. The van der Waals surface area contributed by atoms with Crippen LogP contribution in [0.4, 0.5) is 0 Å². The number of carbonyl (C=O) groups excluding carboxylic acids is 1. The van der Waals surface area contributed by atoms with Crippen LogP contribution in [0.25, 0.3) is 0 Å². The van der Waals surface area contributed by atoms with Gasteiger partial charge >= 0.3 is 0 Å². The largest absolute Gasteiger partial charge is 0.381 e. The van der Waals surface area contributed by atoms with Gasteiger partial charge in [0.2, 0.25) is 0 Å². The summed E-state index contributed by atoms with van der Waals surface area (Å²) in [7, 11) is 1.78. The van der Waals surface area contributed by atoms with Crippen molar-refractivity contribution in [2.24, 2.45) is 7.05 Å². The number of carbonyl (C=O) groups is 1. The number of nitrogens with zero attached hydrogens (tertiary/aromatic N) is 2. The van der Waals surface area contributed by atoms with E-state index in [0.29, 0.717) is 24.8 Å². The maximum absolute atomic E-state index is 12.0. The molecule has 1 saturated heterocycles. The van der Waals surface area contributed by atoms with E-state index in [2.05, 4.69) is 10.4 Å². The van der Waals surface area contributed by atoms with Crippen molar-refractivity contribution in [2.75, 3.05) is 19.1 Å². The van der Waals surface area contributed by atoms with Crippen LogP contribution >= 0.6 is 11.6 Å². The van der Waals surface area contributed by atoms with Crippen molar-refractivity contribution in [3.8, 4) is 0 Å². The third kappa shape index (κ3) is 2.79. The SMILES string of the molecule is Cn1ccc(C(=O)NC2(CCl)CCOCC2)n1. The molecule has 0 unspecified atom stereocenters. The summed E-state index contributed by atoms with van der Waals surface area (Å²) >= 11 is 5.98. The van der Waals surface area contributed by atoms with E-state index < -0.39 is 0 Å². The lowest BCUT2D eigenvalue weighted by atomic mass is 9.92. The summed E-state index contributed by atoms with van der Waals surface area (Å²) < 4.78 is 6.89. The van der Waals surface area contributed by atoms with Gasteiger partial charge < -0.3 is 10.1 Å². The lowest BCUT2D eigenvalue weighted by Gasteiger charge is -2.36. The highest BCUT2D eigenvalue weighted by atomic mass is 35.5. The average Bonchev–Trinajstić information content (AvgIpc) is 2.77. The summed E-state index contributed by atoms with van der Waals surface area (Å²) in [5.74, 6) is 0.225. The summed E-state index contributed by atoms with van der Waals surface area (Å²) in [5.41, 5.74) is 0.0671. The Kier molecular flexibility index (Phi) is 3.69. The molecule has 1 fully saturated rings. The number of nitrogens with one attached hydrogen (secondary N) is 1. The molecule has 1 aromatic heterocycles. The molecule has 2 rings (SSSR count). The molecule has 1 aromatic rings. The number of rotatable bonds is 3. The van der Waals surface area contributed by atoms with Crippen molar-refractivity contribution in [1.29, 1.82) is 0 Å². The normalized spacial score (nSPS) is 18.9. The molecule has 1 aliphatic rings. The fourth-order valence-corrected chi connectivity index (χ4v) is 2.23. The van der Waals surface area contributed by atoms with Gasteiger partial charge in [-0.25, -0.2) is 0 Å². The number of hydrogen-bond donors (Lipinski definition) is 1. The minimum atomic E-state index is -0.353. The maximum atomic E-state index is 12.0. The van der Waals surface area contributed by atoms with Gasteiger partial charge in [-0.05, 0) is 18.9 Å². The zero-order chi connectivity index (χ0) is 12.3. The van der Waals surface area contributed by atoms with Crippen molar-refractivity contribution >= 4 is 17.5 Å². The smallest absolute Gasteiger partial charge is 0.272 e. The Labute approximate surface area is 105 Å². The van der Waals surface area contributed by atoms with E-state index in [1.165, 1.54) is 0 Å². The Bertz CT molecular complexity index is 399. The van der Waals surface area contributed by atoms with Crippen LogP contribution in [0.2, 0.25) is 0 Å². The van der Waals surface area contributed by atoms with Gasteiger partial charge in [-0.2, -0.15) is 5.10 Å². The standard InChI is InChI=1S/C11H16ClN3O2/c1-15-5-2-9(14-15)10(16)13-11(8-12)3-6-17-7-4-11/h2,5H,3-4,6-8H2,1H3,(H,13,16). The van der Waals surface area contributed by atoms with Crippen molar-refractivity contribution in [2.45, 2.75) is 18.4 Å². The minimum absolute atomic E-state index is 0.173. The van der Waals surface area contributed by atoms with E-state index in [4.69, 9.17) is 16.3 Å². The molecule has 0 saturated carbocycles. The number of alkyl halides is 1. The predicted molar refractivity (Wildman–Crippen MR) is 64.2 cm³/mol. The molecule has 0 aliphatic carbocycles. The van der Waals surface area contributed by atoms with Gasteiger partial charge in [-0.15, -0.1) is 11.6 Å². The molecular weight excluding hydrogens is 242 g/mol. The zero-order valence-corrected chi connectivity index (χ0v) is 10.5. The molecule has 5 nitrogen and oxygen atoms in total. The number of amides is 1. The van der Waals surface area contributed by atoms with Gasteiger partial charge in [-0.1, -0.05) is 0 Å². The molecule has 1 N–H and O–H groups in total. The first-order chi connectivity index (χ1) is 8.15. The first-order valence-corrected chi connectivity index (χ1v) is 6.14. The second kappa shape index (κ2) is 5.06. The van der Waals surface area contributed by atoms with Gasteiger partial charge in [0.15, 0.2) is 0 Å². The molecule has 94 valence electrons. The van der Waals surface area contributed by atoms with Gasteiger partial charge in [-0.3, -0.25) is 9.48 Å². The van der Waals surface area contributed by atoms with Gasteiger partial charge in [0.05, 0.1) is 5.54 Å². The second-order valence-electron chi connectivity index (χ2n) is 4.36. The average molecular weight is 258 g/mol. The highest BCUT2D eigenvalue weighted by Crippen LogP contribution is 2.22. The lowest BCUT2D eigenvalue weighted by molar-refractivity contribution is 0.0432. The van der Waals surface area contributed by atoms with Crippen LogP contribution < -0.4 is 5.32 Å². The minimum Gasteiger partial charge on any atom is -0.381 e. The molecule has 17 heavy (non-hydrogen) atoms. The number of aryl methyl sites for hydroxylation is 1. The maximum Gasteiger partial charge on any atom is 0.272 e. The third-order valence-corrected chi connectivity index (χ3v) is 3.54. The summed E-state index contributed by atoms with van der Waals surface area (Å²) in [6.07, 6.45) is 3.23. The molecule has 0 bridgehead atoms. The zero-order valence-electron chi connectivity index (χ0n) is 9.78. The Hall–Kier alpha value is -1.07. The fraction of sp³-hybridized carbons (Fsp3) is 0.636. The van der Waals surface area contributed by atoms with E-state index in [1.54, 1.807) is 24.0 Å². The van der Waals surface area contributed by atoms with Crippen LogP contribution in [0, 0.1) is 0 Å². The first kappa shape index (κ1) is 12.4.